The van der Waals surface area contributed by atoms with E-state index in [4.69, 9.17) is 5.73 Å². The van der Waals surface area contributed by atoms with Gasteiger partial charge in [0.2, 0.25) is 0 Å². The fourth-order valence-corrected chi connectivity index (χ4v) is 1.77. The summed E-state index contributed by atoms with van der Waals surface area (Å²) < 4.78 is 0. The SMILES string of the molecule is Cc1ccc(C(=O)NCc2ccc(C)nc2)c(N)c1. The first-order chi connectivity index (χ1) is 9.06. The van der Waals surface area contributed by atoms with Crippen LogP contribution in [-0.4, -0.2) is 10.9 Å². The number of hydrogen-bond donors (Lipinski definition) is 2. The second kappa shape index (κ2) is 5.52. The van der Waals surface area contributed by atoms with Gasteiger partial charge in [0.25, 0.3) is 5.91 Å². The maximum absolute atomic E-state index is 12.0. The molecule has 0 aliphatic carbocycles. The number of anilines is 1. The van der Waals surface area contributed by atoms with Crippen molar-refractivity contribution in [3.63, 3.8) is 0 Å². The molecule has 3 N–H and O–H groups in total. The molecule has 19 heavy (non-hydrogen) atoms. The molecule has 0 aliphatic heterocycles. The highest BCUT2D eigenvalue weighted by Gasteiger charge is 2.09. The smallest absolute Gasteiger partial charge is 0.253 e. The molecule has 0 unspecified atom stereocenters. The lowest BCUT2D eigenvalue weighted by atomic mass is 10.1. The topological polar surface area (TPSA) is 68.0 Å². The first-order valence-corrected chi connectivity index (χ1v) is 6.12. The number of amides is 1. The van der Waals surface area contributed by atoms with Gasteiger partial charge in [-0.25, -0.2) is 0 Å². The number of carbonyl (C=O) groups excluding carboxylic acids is 1. The van der Waals surface area contributed by atoms with Crippen LogP contribution in [0.1, 0.15) is 27.2 Å². The molecule has 98 valence electrons. The number of aryl methyl sites for hydroxylation is 2. The average Bonchev–Trinajstić information content (AvgIpc) is 2.37. The summed E-state index contributed by atoms with van der Waals surface area (Å²) in [4.78, 5) is 16.2. The Hall–Kier alpha value is -2.36. The van der Waals surface area contributed by atoms with E-state index in [2.05, 4.69) is 10.3 Å². The highest BCUT2D eigenvalue weighted by atomic mass is 16.1. The molecule has 0 saturated carbocycles. The Labute approximate surface area is 112 Å². The molecule has 0 atom stereocenters. The minimum absolute atomic E-state index is 0.168. The van der Waals surface area contributed by atoms with Crippen molar-refractivity contribution in [1.82, 2.24) is 10.3 Å². The number of benzene rings is 1. The summed E-state index contributed by atoms with van der Waals surface area (Å²) in [5.41, 5.74) is 9.80. The molecule has 0 aliphatic rings. The minimum Gasteiger partial charge on any atom is -0.398 e. The van der Waals surface area contributed by atoms with E-state index < -0.39 is 0 Å². The Balaban J connectivity index is 2.03. The van der Waals surface area contributed by atoms with Crippen molar-refractivity contribution in [3.05, 3.63) is 58.9 Å². The van der Waals surface area contributed by atoms with Gasteiger partial charge >= 0.3 is 0 Å². The van der Waals surface area contributed by atoms with Crippen LogP contribution in [0.2, 0.25) is 0 Å². The third-order valence-corrected chi connectivity index (χ3v) is 2.88. The van der Waals surface area contributed by atoms with Crippen LogP contribution in [0.25, 0.3) is 0 Å². The Morgan fingerprint density at radius 3 is 2.68 bits per heavy atom. The normalized spacial score (nSPS) is 10.2. The fraction of sp³-hybridized carbons (Fsp3) is 0.200. The second-order valence-corrected chi connectivity index (χ2v) is 4.58. The summed E-state index contributed by atoms with van der Waals surface area (Å²) in [6, 6.07) is 9.28. The predicted molar refractivity (Wildman–Crippen MR) is 75.7 cm³/mol. The van der Waals surface area contributed by atoms with Crippen LogP contribution in [0.4, 0.5) is 5.69 Å². The highest BCUT2D eigenvalue weighted by molar-refractivity contribution is 5.99. The average molecular weight is 255 g/mol. The van der Waals surface area contributed by atoms with Crippen molar-refractivity contribution in [3.8, 4) is 0 Å². The minimum atomic E-state index is -0.168. The lowest BCUT2D eigenvalue weighted by Crippen LogP contribution is -2.23. The van der Waals surface area contributed by atoms with Gasteiger partial charge in [0.1, 0.15) is 0 Å². The lowest BCUT2D eigenvalue weighted by molar-refractivity contribution is 0.0952. The first kappa shape index (κ1) is 13.1. The molecule has 0 fully saturated rings. The van der Waals surface area contributed by atoms with E-state index in [9.17, 15) is 4.79 Å². The zero-order valence-electron chi connectivity index (χ0n) is 11.1. The Kier molecular flexibility index (Phi) is 3.80. The Morgan fingerprint density at radius 2 is 2.05 bits per heavy atom. The number of pyridine rings is 1. The van der Waals surface area contributed by atoms with Crippen LogP contribution in [0.5, 0.6) is 0 Å². The predicted octanol–water partition coefficient (Wildman–Crippen LogP) is 2.21. The summed E-state index contributed by atoms with van der Waals surface area (Å²) in [5, 5.41) is 2.84. The maximum atomic E-state index is 12.0. The van der Waals surface area contributed by atoms with Crippen LogP contribution in [-0.2, 0) is 6.54 Å². The van der Waals surface area contributed by atoms with Gasteiger partial charge in [0.05, 0.1) is 5.56 Å². The van der Waals surface area contributed by atoms with Crippen LogP contribution < -0.4 is 11.1 Å². The van der Waals surface area contributed by atoms with E-state index in [0.717, 1.165) is 16.8 Å². The summed E-state index contributed by atoms with van der Waals surface area (Å²) >= 11 is 0. The zero-order chi connectivity index (χ0) is 13.8. The zero-order valence-corrected chi connectivity index (χ0v) is 11.1. The first-order valence-electron chi connectivity index (χ1n) is 6.12. The number of nitrogens with zero attached hydrogens (tertiary/aromatic N) is 1. The number of nitrogens with one attached hydrogen (secondary N) is 1. The molecule has 4 heteroatoms. The Bertz CT molecular complexity index is 591. The van der Waals surface area contributed by atoms with E-state index in [1.807, 2.05) is 32.0 Å². The quantitative estimate of drug-likeness (QED) is 0.826. The maximum Gasteiger partial charge on any atom is 0.253 e. The molecule has 0 spiro atoms. The lowest BCUT2D eigenvalue weighted by Gasteiger charge is -2.08. The van der Waals surface area contributed by atoms with Gasteiger partial charge in [-0.15, -0.1) is 0 Å². The van der Waals surface area contributed by atoms with Gasteiger partial charge in [0, 0.05) is 24.1 Å². The van der Waals surface area contributed by atoms with Crippen LogP contribution in [0.15, 0.2) is 36.5 Å². The summed E-state index contributed by atoms with van der Waals surface area (Å²) in [7, 11) is 0. The summed E-state index contributed by atoms with van der Waals surface area (Å²) in [6.45, 7) is 4.31. The molecule has 0 saturated heterocycles. The third-order valence-electron chi connectivity index (χ3n) is 2.88. The van der Waals surface area contributed by atoms with Gasteiger partial charge in [-0.2, -0.15) is 0 Å². The van der Waals surface area contributed by atoms with Crippen molar-refractivity contribution < 1.29 is 4.79 Å². The van der Waals surface area contributed by atoms with Gasteiger partial charge < -0.3 is 11.1 Å². The third kappa shape index (κ3) is 3.31. The van der Waals surface area contributed by atoms with E-state index >= 15 is 0 Å². The molecule has 2 aromatic rings. The van der Waals surface area contributed by atoms with Crippen molar-refractivity contribution >= 4 is 11.6 Å². The highest BCUT2D eigenvalue weighted by Crippen LogP contribution is 2.13. The monoisotopic (exact) mass is 255 g/mol. The number of nitrogens with two attached hydrogens (primary N) is 1. The Morgan fingerprint density at radius 1 is 1.26 bits per heavy atom. The molecule has 1 heterocycles. The fourth-order valence-electron chi connectivity index (χ4n) is 1.77. The number of hydrogen-bond acceptors (Lipinski definition) is 3. The molecule has 0 radical (unpaired) electrons. The van der Waals surface area contributed by atoms with Crippen molar-refractivity contribution in [1.29, 1.82) is 0 Å². The number of aromatic nitrogens is 1. The number of carbonyl (C=O) groups is 1. The van der Waals surface area contributed by atoms with E-state index in [1.165, 1.54) is 0 Å². The summed E-state index contributed by atoms with van der Waals surface area (Å²) in [5.74, 6) is -0.168. The van der Waals surface area contributed by atoms with Crippen LogP contribution in [0, 0.1) is 13.8 Å². The van der Waals surface area contributed by atoms with Crippen molar-refractivity contribution in [2.75, 3.05) is 5.73 Å². The van der Waals surface area contributed by atoms with Gasteiger partial charge in [0.15, 0.2) is 0 Å². The van der Waals surface area contributed by atoms with Crippen LogP contribution in [0.3, 0.4) is 0 Å². The molecule has 2 rings (SSSR count). The van der Waals surface area contributed by atoms with E-state index in [-0.39, 0.29) is 5.91 Å². The molecule has 0 bridgehead atoms. The second-order valence-electron chi connectivity index (χ2n) is 4.58. The van der Waals surface area contributed by atoms with E-state index in [1.54, 1.807) is 18.3 Å². The van der Waals surface area contributed by atoms with E-state index in [0.29, 0.717) is 17.8 Å². The largest absolute Gasteiger partial charge is 0.398 e. The molecule has 4 nitrogen and oxygen atoms in total. The van der Waals surface area contributed by atoms with Crippen molar-refractivity contribution in [2.24, 2.45) is 0 Å². The summed E-state index contributed by atoms with van der Waals surface area (Å²) in [6.07, 6.45) is 1.76. The molecular formula is C15H17N3O. The number of rotatable bonds is 3. The van der Waals surface area contributed by atoms with Gasteiger partial charge in [-0.1, -0.05) is 12.1 Å². The molecule has 1 aromatic heterocycles. The van der Waals surface area contributed by atoms with Crippen molar-refractivity contribution in [2.45, 2.75) is 20.4 Å². The standard InChI is InChI=1S/C15H17N3O/c1-10-3-6-13(14(16)7-10)15(19)18-9-12-5-4-11(2)17-8-12/h3-8H,9,16H2,1-2H3,(H,18,19). The molecular weight excluding hydrogens is 238 g/mol. The van der Waals surface area contributed by atoms with Crippen LogP contribution >= 0.6 is 0 Å². The van der Waals surface area contributed by atoms with Gasteiger partial charge in [-0.05, 0) is 43.2 Å². The number of nitrogen functional groups attached to an aromatic ring is 1. The van der Waals surface area contributed by atoms with Gasteiger partial charge in [-0.3, -0.25) is 9.78 Å². The molecule has 1 amide bonds. The molecule has 1 aromatic carbocycles.